The van der Waals surface area contributed by atoms with E-state index in [4.69, 9.17) is 4.74 Å². The summed E-state index contributed by atoms with van der Waals surface area (Å²) < 4.78 is 5.53. The van der Waals surface area contributed by atoms with E-state index in [1.165, 1.54) is 17.3 Å². The zero-order chi connectivity index (χ0) is 19.1. The Kier molecular flexibility index (Phi) is 6.90. The minimum Gasteiger partial charge on any atom is -0.376 e. The number of ether oxygens (including phenoxy) is 1. The normalized spacial score (nSPS) is 16.1. The second-order valence-electron chi connectivity index (χ2n) is 6.54. The van der Waals surface area contributed by atoms with Crippen LogP contribution in [0.4, 0.5) is 5.69 Å². The minimum atomic E-state index is -0.201. The van der Waals surface area contributed by atoms with Gasteiger partial charge in [-0.2, -0.15) is 0 Å². The highest BCUT2D eigenvalue weighted by Crippen LogP contribution is 2.20. The van der Waals surface area contributed by atoms with Crippen LogP contribution in [0.1, 0.15) is 28.8 Å². The summed E-state index contributed by atoms with van der Waals surface area (Å²) in [5.41, 5.74) is 2.17. The Bertz CT molecular complexity index is 786. The molecule has 2 aromatic rings. The van der Waals surface area contributed by atoms with Gasteiger partial charge in [-0.25, -0.2) is 0 Å². The van der Waals surface area contributed by atoms with Gasteiger partial charge in [-0.15, -0.1) is 11.8 Å². The number of hydrogen-bond acceptors (Lipinski definition) is 4. The first-order chi connectivity index (χ1) is 13.1. The lowest BCUT2D eigenvalue weighted by molar-refractivity contribution is -0.113. The molecule has 1 heterocycles. The number of para-hydroxylation sites is 1. The molecule has 2 amide bonds. The van der Waals surface area contributed by atoms with Crippen molar-refractivity contribution in [1.29, 1.82) is 0 Å². The van der Waals surface area contributed by atoms with Crippen LogP contribution in [0.2, 0.25) is 0 Å². The summed E-state index contributed by atoms with van der Waals surface area (Å²) in [6.07, 6.45) is 2.09. The quantitative estimate of drug-likeness (QED) is 0.716. The van der Waals surface area contributed by atoms with Crippen molar-refractivity contribution < 1.29 is 14.3 Å². The lowest BCUT2D eigenvalue weighted by Crippen LogP contribution is -2.32. The van der Waals surface area contributed by atoms with E-state index in [0.717, 1.165) is 24.3 Å². The molecule has 0 spiro atoms. The van der Waals surface area contributed by atoms with Crippen molar-refractivity contribution in [3.8, 4) is 0 Å². The lowest BCUT2D eigenvalue weighted by atomic mass is 10.1. The van der Waals surface area contributed by atoms with Gasteiger partial charge in [-0.05, 0) is 44.0 Å². The van der Waals surface area contributed by atoms with Gasteiger partial charge in [-0.3, -0.25) is 9.59 Å². The van der Waals surface area contributed by atoms with Crippen LogP contribution in [-0.2, 0) is 9.53 Å². The van der Waals surface area contributed by atoms with Crippen LogP contribution in [0.5, 0.6) is 0 Å². The number of nitrogens with one attached hydrogen (secondary N) is 2. The molecule has 0 saturated carbocycles. The van der Waals surface area contributed by atoms with Gasteiger partial charge in [0.05, 0.1) is 23.1 Å². The maximum absolute atomic E-state index is 12.5. The van der Waals surface area contributed by atoms with E-state index in [1.54, 1.807) is 24.3 Å². The van der Waals surface area contributed by atoms with Crippen LogP contribution in [0.25, 0.3) is 0 Å². The molecule has 2 N–H and O–H groups in total. The Labute approximate surface area is 163 Å². The van der Waals surface area contributed by atoms with Gasteiger partial charge in [0.2, 0.25) is 5.91 Å². The van der Waals surface area contributed by atoms with E-state index in [2.05, 4.69) is 10.6 Å². The standard InChI is InChI=1S/C21H24N2O3S/c1-15-8-10-17(11-9-15)27-14-20(24)23-19-7-3-2-6-18(19)21(25)22-13-16-5-4-12-26-16/h2-3,6-11,16H,4-5,12-14H2,1H3,(H,22,25)(H,23,24)/t16-/m0/s1. The highest BCUT2D eigenvalue weighted by molar-refractivity contribution is 8.00. The number of amides is 2. The van der Waals surface area contributed by atoms with E-state index in [9.17, 15) is 9.59 Å². The first-order valence-corrected chi connectivity index (χ1v) is 10.1. The number of carbonyl (C=O) groups is 2. The van der Waals surface area contributed by atoms with Crippen LogP contribution in [-0.4, -0.2) is 36.8 Å². The second-order valence-corrected chi connectivity index (χ2v) is 7.59. The summed E-state index contributed by atoms with van der Waals surface area (Å²) in [5, 5.41) is 5.75. The number of aryl methyl sites for hydroxylation is 1. The Balaban J connectivity index is 1.55. The van der Waals surface area contributed by atoms with Gasteiger partial charge in [0.15, 0.2) is 0 Å². The Morgan fingerprint density at radius 3 is 2.67 bits per heavy atom. The SMILES string of the molecule is Cc1ccc(SCC(=O)Nc2ccccc2C(=O)NC[C@@H]2CCCO2)cc1. The number of thioether (sulfide) groups is 1. The maximum Gasteiger partial charge on any atom is 0.253 e. The second kappa shape index (κ2) is 9.58. The number of carbonyl (C=O) groups excluding carboxylic acids is 2. The van der Waals surface area contributed by atoms with Gasteiger partial charge in [-0.1, -0.05) is 29.8 Å². The molecule has 3 rings (SSSR count). The molecule has 142 valence electrons. The largest absolute Gasteiger partial charge is 0.376 e. The summed E-state index contributed by atoms with van der Waals surface area (Å²) >= 11 is 1.47. The van der Waals surface area contributed by atoms with E-state index < -0.39 is 0 Å². The molecule has 1 atom stereocenters. The predicted molar refractivity (Wildman–Crippen MR) is 108 cm³/mol. The molecule has 2 aromatic carbocycles. The molecular weight excluding hydrogens is 360 g/mol. The number of anilines is 1. The fourth-order valence-corrected chi connectivity index (χ4v) is 3.57. The lowest BCUT2D eigenvalue weighted by Gasteiger charge is -2.13. The fraction of sp³-hybridized carbons (Fsp3) is 0.333. The molecule has 0 radical (unpaired) electrons. The fourth-order valence-electron chi connectivity index (χ4n) is 2.87. The van der Waals surface area contributed by atoms with E-state index in [1.807, 2.05) is 31.2 Å². The average Bonchev–Trinajstić information content (AvgIpc) is 3.20. The first kappa shape index (κ1) is 19.5. The third kappa shape index (κ3) is 5.84. The third-order valence-corrected chi connectivity index (χ3v) is 5.36. The monoisotopic (exact) mass is 384 g/mol. The van der Waals surface area contributed by atoms with Crippen molar-refractivity contribution in [2.45, 2.75) is 30.8 Å². The summed E-state index contributed by atoms with van der Waals surface area (Å²) in [6.45, 7) is 3.28. The van der Waals surface area contributed by atoms with Crippen molar-refractivity contribution in [2.75, 3.05) is 24.2 Å². The van der Waals surface area contributed by atoms with Crippen molar-refractivity contribution in [1.82, 2.24) is 5.32 Å². The molecule has 1 saturated heterocycles. The van der Waals surface area contributed by atoms with E-state index >= 15 is 0 Å². The van der Waals surface area contributed by atoms with Gasteiger partial charge >= 0.3 is 0 Å². The van der Waals surface area contributed by atoms with E-state index in [-0.39, 0.29) is 23.7 Å². The molecule has 1 fully saturated rings. The van der Waals surface area contributed by atoms with Gasteiger partial charge in [0.25, 0.3) is 5.91 Å². The maximum atomic E-state index is 12.5. The summed E-state index contributed by atoms with van der Waals surface area (Å²) in [4.78, 5) is 25.8. The highest BCUT2D eigenvalue weighted by atomic mass is 32.2. The zero-order valence-electron chi connectivity index (χ0n) is 15.4. The average molecular weight is 385 g/mol. The minimum absolute atomic E-state index is 0.0848. The predicted octanol–water partition coefficient (Wildman–Crippen LogP) is 3.63. The summed E-state index contributed by atoms with van der Waals surface area (Å²) in [5.74, 6) is -0.0536. The number of rotatable bonds is 7. The van der Waals surface area contributed by atoms with Crippen molar-refractivity contribution in [3.63, 3.8) is 0 Å². The summed E-state index contributed by atoms with van der Waals surface area (Å²) in [7, 11) is 0. The van der Waals surface area contributed by atoms with Crippen LogP contribution in [0, 0.1) is 6.92 Å². The molecule has 0 bridgehead atoms. The molecule has 27 heavy (non-hydrogen) atoms. The van der Waals surface area contributed by atoms with Crippen LogP contribution in [0.15, 0.2) is 53.4 Å². The molecule has 1 aliphatic rings. The van der Waals surface area contributed by atoms with Gasteiger partial charge < -0.3 is 15.4 Å². The van der Waals surface area contributed by atoms with Crippen molar-refractivity contribution in [2.24, 2.45) is 0 Å². The first-order valence-electron chi connectivity index (χ1n) is 9.10. The van der Waals surface area contributed by atoms with Crippen LogP contribution < -0.4 is 10.6 Å². The molecule has 1 aliphatic heterocycles. The van der Waals surface area contributed by atoms with Gasteiger partial charge in [0.1, 0.15) is 0 Å². The third-order valence-electron chi connectivity index (χ3n) is 4.35. The number of hydrogen-bond donors (Lipinski definition) is 2. The smallest absolute Gasteiger partial charge is 0.253 e. The van der Waals surface area contributed by atoms with E-state index in [0.29, 0.717) is 17.8 Å². The van der Waals surface area contributed by atoms with Crippen molar-refractivity contribution >= 4 is 29.3 Å². The number of benzene rings is 2. The molecule has 0 unspecified atom stereocenters. The Morgan fingerprint density at radius 2 is 1.93 bits per heavy atom. The topological polar surface area (TPSA) is 67.4 Å². The Hall–Kier alpha value is -2.31. The molecule has 6 heteroatoms. The van der Waals surface area contributed by atoms with Crippen LogP contribution >= 0.6 is 11.8 Å². The Morgan fingerprint density at radius 1 is 1.15 bits per heavy atom. The van der Waals surface area contributed by atoms with Crippen molar-refractivity contribution in [3.05, 3.63) is 59.7 Å². The molecule has 0 aromatic heterocycles. The summed E-state index contributed by atoms with van der Waals surface area (Å²) in [6, 6.07) is 15.1. The molecule has 0 aliphatic carbocycles. The molecular formula is C21H24N2O3S. The van der Waals surface area contributed by atoms with Gasteiger partial charge in [0, 0.05) is 18.0 Å². The highest BCUT2D eigenvalue weighted by Gasteiger charge is 2.18. The molecule has 5 nitrogen and oxygen atoms in total. The zero-order valence-corrected chi connectivity index (χ0v) is 16.2. The van der Waals surface area contributed by atoms with Crippen LogP contribution in [0.3, 0.4) is 0 Å².